The number of halogens is 1. The molecule has 1 heterocycles. The molecule has 1 fully saturated rings. The quantitative estimate of drug-likeness (QED) is 0.899. The van der Waals surface area contributed by atoms with E-state index in [0.717, 1.165) is 13.1 Å². The molecule has 0 aromatic heterocycles. The fourth-order valence-electron chi connectivity index (χ4n) is 2.10. The highest BCUT2D eigenvalue weighted by atomic mass is 35.5. The highest BCUT2D eigenvalue weighted by Gasteiger charge is 2.20. The van der Waals surface area contributed by atoms with Gasteiger partial charge in [-0.1, -0.05) is 11.6 Å². The number of piperazine rings is 1. The van der Waals surface area contributed by atoms with Gasteiger partial charge in [0.15, 0.2) is 0 Å². The number of likely N-dealkylation sites (N-methyl/N-ethyl adjacent to an activating group) is 1. The Hall–Kier alpha value is -1.59. The molecule has 2 rings (SSSR count). The van der Waals surface area contributed by atoms with Gasteiger partial charge >= 0.3 is 0 Å². The highest BCUT2D eigenvalue weighted by Crippen LogP contribution is 2.11. The van der Waals surface area contributed by atoms with Crippen LogP contribution in [0.2, 0.25) is 5.02 Å². The minimum absolute atomic E-state index is 0.0173. The zero-order chi connectivity index (χ0) is 14.5. The van der Waals surface area contributed by atoms with Crippen LogP contribution in [0.4, 0.5) is 0 Å². The Labute approximate surface area is 123 Å². The molecule has 0 atom stereocenters. The number of hydrogen-bond acceptors (Lipinski definition) is 3. The molecule has 108 valence electrons. The van der Waals surface area contributed by atoms with Gasteiger partial charge in [-0.15, -0.1) is 0 Å². The summed E-state index contributed by atoms with van der Waals surface area (Å²) in [6.45, 7) is 3.10. The van der Waals surface area contributed by atoms with Gasteiger partial charge < -0.3 is 15.1 Å². The first-order valence-electron chi connectivity index (χ1n) is 6.57. The lowest BCUT2D eigenvalue weighted by molar-refractivity contribution is -0.132. The van der Waals surface area contributed by atoms with Crippen molar-refractivity contribution in [1.82, 2.24) is 15.1 Å². The van der Waals surface area contributed by atoms with Gasteiger partial charge in [-0.3, -0.25) is 9.59 Å². The Balaban J connectivity index is 1.93. The molecular weight excluding hydrogens is 278 g/mol. The van der Waals surface area contributed by atoms with Gasteiger partial charge in [0.05, 0.1) is 6.54 Å². The Morgan fingerprint density at radius 1 is 1.25 bits per heavy atom. The molecule has 2 amide bonds. The average Bonchev–Trinajstić information content (AvgIpc) is 2.48. The largest absolute Gasteiger partial charge is 0.339 e. The van der Waals surface area contributed by atoms with E-state index in [0.29, 0.717) is 23.7 Å². The number of nitrogens with zero attached hydrogens (tertiary/aromatic N) is 2. The number of rotatable bonds is 3. The first kappa shape index (κ1) is 14.8. The molecule has 1 aliphatic rings. The standard InChI is InChI=1S/C14H18ClN3O2/c1-17(10-13(19)18-8-6-16-7-9-18)14(20)11-2-4-12(15)5-3-11/h2-5,16H,6-10H2,1H3. The molecule has 0 saturated carbocycles. The van der Waals surface area contributed by atoms with Crippen molar-refractivity contribution in [3.8, 4) is 0 Å². The molecule has 0 aliphatic carbocycles. The van der Waals surface area contributed by atoms with Crippen molar-refractivity contribution in [1.29, 1.82) is 0 Å². The molecule has 1 aliphatic heterocycles. The number of carbonyl (C=O) groups excluding carboxylic acids is 2. The maximum absolute atomic E-state index is 12.2. The van der Waals surface area contributed by atoms with Crippen LogP contribution in [0.3, 0.4) is 0 Å². The van der Waals surface area contributed by atoms with Crippen molar-refractivity contribution in [3.05, 3.63) is 34.9 Å². The zero-order valence-electron chi connectivity index (χ0n) is 11.4. The van der Waals surface area contributed by atoms with Gasteiger partial charge in [0, 0.05) is 43.8 Å². The van der Waals surface area contributed by atoms with Gasteiger partial charge in [0.2, 0.25) is 5.91 Å². The summed E-state index contributed by atoms with van der Waals surface area (Å²) in [5, 5.41) is 3.77. The van der Waals surface area contributed by atoms with Crippen molar-refractivity contribution in [2.24, 2.45) is 0 Å². The number of benzene rings is 1. The number of nitrogens with one attached hydrogen (secondary N) is 1. The van der Waals surface area contributed by atoms with Gasteiger partial charge in [0.25, 0.3) is 5.91 Å². The summed E-state index contributed by atoms with van der Waals surface area (Å²) >= 11 is 5.79. The SMILES string of the molecule is CN(CC(=O)N1CCNCC1)C(=O)c1ccc(Cl)cc1. The molecule has 1 aromatic rings. The minimum atomic E-state index is -0.176. The summed E-state index contributed by atoms with van der Waals surface area (Å²) < 4.78 is 0. The van der Waals surface area contributed by atoms with Crippen molar-refractivity contribution in [3.63, 3.8) is 0 Å². The molecule has 0 bridgehead atoms. The van der Waals surface area contributed by atoms with E-state index in [1.165, 1.54) is 4.90 Å². The number of hydrogen-bond donors (Lipinski definition) is 1. The summed E-state index contributed by atoms with van der Waals surface area (Å²) in [5.74, 6) is -0.193. The third-order valence-corrected chi connectivity index (χ3v) is 3.53. The smallest absolute Gasteiger partial charge is 0.254 e. The van der Waals surface area contributed by atoms with E-state index >= 15 is 0 Å². The lowest BCUT2D eigenvalue weighted by atomic mass is 10.2. The number of carbonyl (C=O) groups is 2. The molecular formula is C14H18ClN3O2. The topological polar surface area (TPSA) is 52.7 Å². The predicted molar refractivity (Wildman–Crippen MR) is 77.9 cm³/mol. The Morgan fingerprint density at radius 2 is 1.85 bits per heavy atom. The molecule has 6 heteroatoms. The van der Waals surface area contributed by atoms with Crippen molar-refractivity contribution >= 4 is 23.4 Å². The summed E-state index contributed by atoms with van der Waals surface area (Å²) in [6, 6.07) is 6.66. The molecule has 1 N–H and O–H groups in total. The van der Waals surface area contributed by atoms with Crippen LogP contribution in [0, 0.1) is 0 Å². The Morgan fingerprint density at radius 3 is 2.45 bits per heavy atom. The lowest BCUT2D eigenvalue weighted by Gasteiger charge is -2.29. The van der Waals surface area contributed by atoms with Crippen LogP contribution in [0.5, 0.6) is 0 Å². The van der Waals surface area contributed by atoms with Crippen LogP contribution >= 0.6 is 11.6 Å². The molecule has 1 saturated heterocycles. The Bertz CT molecular complexity index is 484. The minimum Gasteiger partial charge on any atom is -0.339 e. The first-order valence-corrected chi connectivity index (χ1v) is 6.95. The average molecular weight is 296 g/mol. The second-order valence-electron chi connectivity index (χ2n) is 4.80. The Kier molecular flexibility index (Phi) is 4.98. The van der Waals surface area contributed by atoms with Crippen LogP contribution in [0.1, 0.15) is 10.4 Å². The van der Waals surface area contributed by atoms with Gasteiger partial charge in [-0.2, -0.15) is 0 Å². The fraction of sp³-hybridized carbons (Fsp3) is 0.429. The van der Waals surface area contributed by atoms with Crippen molar-refractivity contribution in [2.75, 3.05) is 39.8 Å². The monoisotopic (exact) mass is 295 g/mol. The summed E-state index contributed by atoms with van der Waals surface area (Å²) in [4.78, 5) is 27.5. The molecule has 5 nitrogen and oxygen atoms in total. The summed E-state index contributed by atoms with van der Waals surface area (Å²) in [7, 11) is 1.64. The van der Waals surface area contributed by atoms with E-state index in [1.807, 2.05) is 0 Å². The molecule has 0 radical (unpaired) electrons. The van der Waals surface area contributed by atoms with Crippen LogP contribution in [-0.2, 0) is 4.79 Å². The maximum Gasteiger partial charge on any atom is 0.254 e. The highest BCUT2D eigenvalue weighted by molar-refractivity contribution is 6.30. The van der Waals surface area contributed by atoms with Crippen LogP contribution in [-0.4, -0.2) is 61.4 Å². The van der Waals surface area contributed by atoms with Crippen LogP contribution in [0.15, 0.2) is 24.3 Å². The van der Waals surface area contributed by atoms with E-state index in [4.69, 9.17) is 11.6 Å². The van der Waals surface area contributed by atoms with Crippen LogP contribution in [0.25, 0.3) is 0 Å². The van der Waals surface area contributed by atoms with E-state index < -0.39 is 0 Å². The fourth-order valence-corrected chi connectivity index (χ4v) is 2.23. The molecule has 20 heavy (non-hydrogen) atoms. The third-order valence-electron chi connectivity index (χ3n) is 3.28. The zero-order valence-corrected chi connectivity index (χ0v) is 12.2. The van der Waals surface area contributed by atoms with E-state index in [-0.39, 0.29) is 18.4 Å². The summed E-state index contributed by atoms with van der Waals surface area (Å²) in [5.41, 5.74) is 0.532. The molecule has 0 spiro atoms. The summed E-state index contributed by atoms with van der Waals surface area (Å²) in [6.07, 6.45) is 0. The van der Waals surface area contributed by atoms with E-state index in [9.17, 15) is 9.59 Å². The lowest BCUT2D eigenvalue weighted by Crippen LogP contribution is -2.49. The maximum atomic E-state index is 12.2. The first-order chi connectivity index (χ1) is 9.58. The normalized spacial score (nSPS) is 15.0. The molecule has 0 unspecified atom stereocenters. The van der Waals surface area contributed by atoms with Gasteiger partial charge in [0.1, 0.15) is 0 Å². The van der Waals surface area contributed by atoms with Crippen LogP contribution < -0.4 is 5.32 Å². The van der Waals surface area contributed by atoms with Crippen molar-refractivity contribution < 1.29 is 9.59 Å². The van der Waals surface area contributed by atoms with E-state index in [1.54, 1.807) is 36.2 Å². The van der Waals surface area contributed by atoms with Gasteiger partial charge in [-0.05, 0) is 24.3 Å². The second-order valence-corrected chi connectivity index (χ2v) is 5.24. The van der Waals surface area contributed by atoms with Crippen molar-refractivity contribution in [2.45, 2.75) is 0 Å². The van der Waals surface area contributed by atoms with E-state index in [2.05, 4.69) is 5.32 Å². The third kappa shape index (κ3) is 3.71. The van der Waals surface area contributed by atoms with Gasteiger partial charge in [-0.25, -0.2) is 0 Å². The molecule has 1 aromatic carbocycles. The predicted octanol–water partition coefficient (Wildman–Crippen LogP) is 0.844. The number of amides is 2. The second kappa shape index (κ2) is 6.72.